The van der Waals surface area contributed by atoms with Crippen molar-refractivity contribution >= 4 is 0 Å². The van der Waals surface area contributed by atoms with E-state index in [1.165, 1.54) is 0 Å². The van der Waals surface area contributed by atoms with Crippen LogP contribution in [0.4, 0.5) is 0 Å². The molecule has 16 heavy (non-hydrogen) atoms. The van der Waals surface area contributed by atoms with E-state index in [9.17, 15) is 4.79 Å². The van der Waals surface area contributed by atoms with E-state index in [2.05, 4.69) is 0 Å². The molecule has 2 rings (SSSR count). The number of imidazole rings is 1. The molecular formula is C12H15N3O. The lowest BCUT2D eigenvalue weighted by Gasteiger charge is -2.08. The molecule has 2 aromatic rings. The normalized spacial score (nSPS) is 12.7. The number of benzene rings is 1. The van der Waals surface area contributed by atoms with Crippen LogP contribution in [0.15, 0.2) is 41.5 Å². The van der Waals surface area contributed by atoms with Crippen LogP contribution in [0.25, 0.3) is 5.69 Å². The van der Waals surface area contributed by atoms with Crippen molar-refractivity contribution in [3.8, 4) is 5.69 Å². The second-order valence-electron chi connectivity index (χ2n) is 3.95. The smallest absolute Gasteiger partial charge is 0.324 e. The van der Waals surface area contributed by atoms with Crippen LogP contribution in [0.2, 0.25) is 0 Å². The molecule has 0 radical (unpaired) electrons. The Morgan fingerprint density at radius 3 is 2.62 bits per heavy atom. The van der Waals surface area contributed by atoms with Crippen LogP contribution in [0, 0.1) is 0 Å². The average molecular weight is 217 g/mol. The average Bonchev–Trinajstić information content (AvgIpc) is 2.60. The van der Waals surface area contributed by atoms with Gasteiger partial charge in [0.2, 0.25) is 0 Å². The second kappa shape index (κ2) is 3.98. The van der Waals surface area contributed by atoms with Crippen molar-refractivity contribution in [3.63, 3.8) is 0 Å². The maximum atomic E-state index is 11.7. The van der Waals surface area contributed by atoms with Gasteiger partial charge in [-0.3, -0.25) is 4.57 Å². The van der Waals surface area contributed by atoms with E-state index in [4.69, 9.17) is 5.73 Å². The molecule has 0 saturated heterocycles. The van der Waals surface area contributed by atoms with Gasteiger partial charge in [-0.1, -0.05) is 12.1 Å². The molecule has 4 heteroatoms. The molecule has 2 N–H and O–H groups in total. The third-order valence-electron chi connectivity index (χ3n) is 2.62. The van der Waals surface area contributed by atoms with Crippen LogP contribution in [0.1, 0.15) is 18.5 Å². The highest BCUT2D eigenvalue weighted by Crippen LogP contribution is 2.13. The summed E-state index contributed by atoms with van der Waals surface area (Å²) in [4.78, 5) is 11.7. The van der Waals surface area contributed by atoms with E-state index in [1.54, 1.807) is 28.6 Å². The fourth-order valence-corrected chi connectivity index (χ4v) is 1.62. The SMILES string of the molecule is CC(N)c1cccc(-n2ccn(C)c2=O)c1. The topological polar surface area (TPSA) is 52.9 Å². The lowest BCUT2D eigenvalue weighted by Crippen LogP contribution is -2.20. The number of nitrogens with two attached hydrogens (primary N) is 1. The molecule has 0 aliphatic heterocycles. The molecule has 1 aromatic heterocycles. The van der Waals surface area contributed by atoms with E-state index >= 15 is 0 Å². The van der Waals surface area contributed by atoms with Crippen molar-refractivity contribution in [1.82, 2.24) is 9.13 Å². The Hall–Kier alpha value is -1.81. The molecule has 0 bridgehead atoms. The van der Waals surface area contributed by atoms with Crippen LogP contribution in [0.3, 0.4) is 0 Å². The summed E-state index contributed by atoms with van der Waals surface area (Å²) in [5.74, 6) is 0. The van der Waals surface area contributed by atoms with Crippen LogP contribution < -0.4 is 11.4 Å². The van der Waals surface area contributed by atoms with Crippen LogP contribution >= 0.6 is 0 Å². The highest BCUT2D eigenvalue weighted by Gasteiger charge is 2.05. The molecule has 0 aliphatic carbocycles. The van der Waals surface area contributed by atoms with E-state index < -0.39 is 0 Å². The number of hydrogen-bond acceptors (Lipinski definition) is 2. The van der Waals surface area contributed by atoms with Gasteiger partial charge in [0.1, 0.15) is 0 Å². The Labute approximate surface area is 93.9 Å². The van der Waals surface area contributed by atoms with Gasteiger partial charge in [0.15, 0.2) is 0 Å². The lowest BCUT2D eigenvalue weighted by molar-refractivity contribution is 0.805. The van der Waals surface area contributed by atoms with Gasteiger partial charge < -0.3 is 10.3 Å². The van der Waals surface area contributed by atoms with E-state index in [0.29, 0.717) is 0 Å². The summed E-state index contributed by atoms with van der Waals surface area (Å²) in [6.07, 6.45) is 3.49. The zero-order valence-corrected chi connectivity index (χ0v) is 9.42. The van der Waals surface area contributed by atoms with Crippen molar-refractivity contribution in [1.29, 1.82) is 0 Å². The molecule has 1 aromatic carbocycles. The molecule has 0 fully saturated rings. The van der Waals surface area contributed by atoms with Gasteiger partial charge in [0.25, 0.3) is 0 Å². The van der Waals surface area contributed by atoms with E-state index in [1.807, 2.05) is 31.2 Å². The van der Waals surface area contributed by atoms with Gasteiger partial charge in [-0.2, -0.15) is 0 Å². The summed E-state index contributed by atoms with van der Waals surface area (Å²) >= 11 is 0. The van der Waals surface area contributed by atoms with E-state index in [-0.39, 0.29) is 11.7 Å². The maximum Gasteiger partial charge on any atom is 0.332 e. The van der Waals surface area contributed by atoms with Gasteiger partial charge >= 0.3 is 5.69 Å². The summed E-state index contributed by atoms with van der Waals surface area (Å²) in [6, 6.07) is 7.67. The first-order chi connectivity index (χ1) is 7.59. The Morgan fingerprint density at radius 2 is 2.06 bits per heavy atom. The molecular weight excluding hydrogens is 202 g/mol. The molecule has 84 valence electrons. The highest BCUT2D eigenvalue weighted by atomic mass is 16.1. The largest absolute Gasteiger partial charge is 0.332 e. The Kier molecular flexibility index (Phi) is 2.66. The Bertz CT molecular complexity index is 551. The molecule has 0 spiro atoms. The Balaban J connectivity index is 2.53. The number of aryl methyl sites for hydroxylation is 1. The fraction of sp³-hybridized carbons (Fsp3) is 0.250. The monoisotopic (exact) mass is 217 g/mol. The van der Waals surface area contributed by atoms with Gasteiger partial charge in [-0.15, -0.1) is 0 Å². The molecule has 1 heterocycles. The number of aromatic nitrogens is 2. The zero-order valence-electron chi connectivity index (χ0n) is 9.42. The molecule has 4 nitrogen and oxygen atoms in total. The van der Waals surface area contributed by atoms with Crippen molar-refractivity contribution < 1.29 is 0 Å². The third-order valence-corrected chi connectivity index (χ3v) is 2.62. The quantitative estimate of drug-likeness (QED) is 0.821. The summed E-state index contributed by atoms with van der Waals surface area (Å²) in [5, 5.41) is 0. The predicted octanol–water partition coefficient (Wildman–Crippen LogP) is 1.20. The minimum Gasteiger partial charge on any atom is -0.324 e. The number of hydrogen-bond donors (Lipinski definition) is 1. The minimum atomic E-state index is -0.0539. The van der Waals surface area contributed by atoms with Crippen LogP contribution in [-0.2, 0) is 7.05 Å². The van der Waals surface area contributed by atoms with Gasteiger partial charge in [-0.05, 0) is 24.6 Å². The first kappa shape index (κ1) is 10.7. The number of nitrogens with zero attached hydrogens (tertiary/aromatic N) is 2. The van der Waals surface area contributed by atoms with Crippen molar-refractivity contribution in [2.45, 2.75) is 13.0 Å². The molecule has 0 amide bonds. The summed E-state index contributed by atoms with van der Waals surface area (Å²) < 4.78 is 3.14. The molecule has 1 unspecified atom stereocenters. The maximum absolute atomic E-state index is 11.7. The standard InChI is InChI=1S/C12H15N3O/c1-9(13)10-4-3-5-11(8-10)15-7-6-14(2)12(15)16/h3-9H,13H2,1-2H3. The predicted molar refractivity (Wildman–Crippen MR) is 63.6 cm³/mol. The Morgan fingerprint density at radius 1 is 1.31 bits per heavy atom. The second-order valence-corrected chi connectivity index (χ2v) is 3.95. The minimum absolute atomic E-state index is 0.0284. The first-order valence-electron chi connectivity index (χ1n) is 5.19. The third kappa shape index (κ3) is 1.79. The van der Waals surface area contributed by atoms with E-state index in [0.717, 1.165) is 11.3 Å². The molecule has 1 atom stereocenters. The fourth-order valence-electron chi connectivity index (χ4n) is 1.62. The summed E-state index contributed by atoms with van der Waals surface area (Å²) in [6.45, 7) is 1.92. The lowest BCUT2D eigenvalue weighted by atomic mass is 10.1. The van der Waals surface area contributed by atoms with Crippen molar-refractivity contribution in [2.24, 2.45) is 12.8 Å². The first-order valence-corrected chi connectivity index (χ1v) is 5.19. The molecule has 0 saturated carbocycles. The van der Waals surface area contributed by atoms with Gasteiger partial charge in [0, 0.05) is 25.5 Å². The summed E-state index contributed by atoms with van der Waals surface area (Å²) in [5.41, 5.74) is 7.63. The van der Waals surface area contributed by atoms with Gasteiger partial charge in [0.05, 0.1) is 5.69 Å². The van der Waals surface area contributed by atoms with Crippen LogP contribution in [0.5, 0.6) is 0 Å². The van der Waals surface area contributed by atoms with Crippen LogP contribution in [-0.4, -0.2) is 9.13 Å². The molecule has 0 aliphatic rings. The number of rotatable bonds is 2. The van der Waals surface area contributed by atoms with Gasteiger partial charge in [-0.25, -0.2) is 4.79 Å². The van der Waals surface area contributed by atoms with Crippen molar-refractivity contribution in [2.75, 3.05) is 0 Å². The summed E-state index contributed by atoms with van der Waals surface area (Å²) in [7, 11) is 1.73. The zero-order chi connectivity index (χ0) is 11.7. The van der Waals surface area contributed by atoms with Crippen molar-refractivity contribution in [3.05, 3.63) is 52.7 Å². The highest BCUT2D eigenvalue weighted by molar-refractivity contribution is 5.36.